The third-order valence-electron chi connectivity index (χ3n) is 3.69. The first-order valence-electron chi connectivity index (χ1n) is 7.55. The van der Waals surface area contributed by atoms with Gasteiger partial charge in [-0.1, -0.05) is 57.8 Å². The Balaban J connectivity index is 2.41. The SMILES string of the molecule is CCS(=O)(=O)OC1CCCCCCCCCCC1. The Labute approximate surface area is 112 Å². The molecule has 0 aromatic heterocycles. The first kappa shape index (κ1) is 16.0. The van der Waals surface area contributed by atoms with Gasteiger partial charge in [-0.3, -0.25) is 4.18 Å². The molecule has 0 saturated heterocycles. The molecule has 0 heterocycles. The molecule has 0 amide bonds. The summed E-state index contributed by atoms with van der Waals surface area (Å²) in [5.41, 5.74) is 0. The average molecular weight is 276 g/mol. The fourth-order valence-electron chi connectivity index (χ4n) is 2.50. The van der Waals surface area contributed by atoms with Crippen LogP contribution in [0.2, 0.25) is 0 Å². The second-order valence-electron chi connectivity index (χ2n) is 5.32. The van der Waals surface area contributed by atoms with Crippen LogP contribution in [0.5, 0.6) is 0 Å². The molecule has 18 heavy (non-hydrogen) atoms. The summed E-state index contributed by atoms with van der Waals surface area (Å²) in [6.45, 7) is 1.64. The van der Waals surface area contributed by atoms with Crippen LogP contribution < -0.4 is 0 Å². The first-order valence-corrected chi connectivity index (χ1v) is 9.13. The van der Waals surface area contributed by atoms with E-state index in [1.54, 1.807) is 6.92 Å². The van der Waals surface area contributed by atoms with Crippen molar-refractivity contribution in [2.45, 2.75) is 83.7 Å². The van der Waals surface area contributed by atoms with Crippen LogP contribution in [-0.2, 0) is 14.3 Å². The Bertz CT molecular complexity index is 286. The van der Waals surface area contributed by atoms with Crippen LogP contribution in [0.25, 0.3) is 0 Å². The number of hydrogen-bond acceptors (Lipinski definition) is 3. The molecule has 0 unspecified atom stereocenters. The Morgan fingerprint density at radius 1 is 0.833 bits per heavy atom. The summed E-state index contributed by atoms with van der Waals surface area (Å²) in [4.78, 5) is 0. The molecule has 1 aliphatic carbocycles. The maximum absolute atomic E-state index is 11.5. The van der Waals surface area contributed by atoms with E-state index in [2.05, 4.69) is 0 Å². The zero-order chi connectivity index (χ0) is 13.3. The van der Waals surface area contributed by atoms with Gasteiger partial charge in [-0.05, 0) is 19.8 Å². The van der Waals surface area contributed by atoms with Gasteiger partial charge in [0.2, 0.25) is 0 Å². The topological polar surface area (TPSA) is 43.4 Å². The van der Waals surface area contributed by atoms with Crippen molar-refractivity contribution >= 4 is 10.1 Å². The second-order valence-corrected chi connectivity index (χ2v) is 7.21. The molecular formula is C14H28O3S. The van der Waals surface area contributed by atoms with Crippen LogP contribution >= 0.6 is 0 Å². The lowest BCUT2D eigenvalue weighted by Crippen LogP contribution is -2.20. The molecule has 0 atom stereocenters. The maximum Gasteiger partial charge on any atom is 0.267 e. The van der Waals surface area contributed by atoms with Crippen LogP contribution in [0.15, 0.2) is 0 Å². The van der Waals surface area contributed by atoms with Crippen LogP contribution in [0.1, 0.15) is 77.6 Å². The van der Waals surface area contributed by atoms with E-state index in [1.807, 2.05) is 0 Å². The molecule has 1 rings (SSSR count). The van der Waals surface area contributed by atoms with Crippen LogP contribution in [-0.4, -0.2) is 20.3 Å². The van der Waals surface area contributed by atoms with E-state index in [1.165, 1.54) is 44.9 Å². The van der Waals surface area contributed by atoms with Gasteiger partial charge < -0.3 is 0 Å². The zero-order valence-electron chi connectivity index (χ0n) is 11.7. The van der Waals surface area contributed by atoms with Crippen molar-refractivity contribution in [2.24, 2.45) is 0 Å². The Hall–Kier alpha value is -0.0900. The van der Waals surface area contributed by atoms with Gasteiger partial charge in [0.05, 0.1) is 11.9 Å². The number of rotatable bonds is 3. The van der Waals surface area contributed by atoms with Gasteiger partial charge in [0.15, 0.2) is 0 Å². The lowest BCUT2D eigenvalue weighted by atomic mass is 10.00. The molecule has 108 valence electrons. The summed E-state index contributed by atoms with van der Waals surface area (Å²) in [6, 6.07) is 0. The highest BCUT2D eigenvalue weighted by Gasteiger charge is 2.17. The van der Waals surface area contributed by atoms with Crippen molar-refractivity contribution in [3.63, 3.8) is 0 Å². The summed E-state index contributed by atoms with van der Waals surface area (Å²) in [5, 5.41) is 0. The normalized spacial score (nSPS) is 22.1. The predicted molar refractivity (Wildman–Crippen MR) is 75.1 cm³/mol. The van der Waals surface area contributed by atoms with E-state index >= 15 is 0 Å². The quantitative estimate of drug-likeness (QED) is 0.731. The Morgan fingerprint density at radius 3 is 1.61 bits per heavy atom. The molecule has 1 aliphatic rings. The standard InChI is InChI=1S/C14H28O3S/c1-2-18(15,16)17-14-12-10-8-6-4-3-5-7-9-11-13-14/h14H,2-13H2,1H3. The fraction of sp³-hybridized carbons (Fsp3) is 1.00. The van der Waals surface area contributed by atoms with Crippen molar-refractivity contribution in [2.75, 3.05) is 5.75 Å². The molecule has 3 nitrogen and oxygen atoms in total. The van der Waals surface area contributed by atoms with Gasteiger partial charge >= 0.3 is 0 Å². The van der Waals surface area contributed by atoms with E-state index < -0.39 is 10.1 Å². The van der Waals surface area contributed by atoms with Gasteiger partial charge in [-0.2, -0.15) is 8.42 Å². The highest BCUT2D eigenvalue weighted by molar-refractivity contribution is 7.86. The molecule has 0 spiro atoms. The summed E-state index contributed by atoms with van der Waals surface area (Å²) in [7, 11) is -3.28. The van der Waals surface area contributed by atoms with E-state index in [9.17, 15) is 8.42 Å². The van der Waals surface area contributed by atoms with Crippen LogP contribution in [0, 0.1) is 0 Å². The maximum atomic E-state index is 11.5. The van der Waals surface area contributed by atoms with Gasteiger partial charge in [-0.25, -0.2) is 0 Å². The first-order chi connectivity index (χ1) is 8.64. The average Bonchev–Trinajstić information content (AvgIpc) is 2.32. The van der Waals surface area contributed by atoms with Gasteiger partial charge in [0, 0.05) is 0 Å². The molecule has 0 aromatic rings. The molecule has 1 saturated carbocycles. The third-order valence-corrected chi connectivity index (χ3v) is 4.96. The number of hydrogen-bond donors (Lipinski definition) is 0. The van der Waals surface area contributed by atoms with Crippen molar-refractivity contribution in [1.82, 2.24) is 0 Å². The second kappa shape index (κ2) is 8.92. The molecular weight excluding hydrogens is 248 g/mol. The van der Waals surface area contributed by atoms with E-state index in [4.69, 9.17) is 4.18 Å². The van der Waals surface area contributed by atoms with Crippen molar-refractivity contribution in [1.29, 1.82) is 0 Å². The minimum atomic E-state index is -3.28. The summed E-state index contributed by atoms with van der Waals surface area (Å²) >= 11 is 0. The zero-order valence-corrected chi connectivity index (χ0v) is 12.5. The van der Waals surface area contributed by atoms with Crippen LogP contribution in [0.4, 0.5) is 0 Å². The van der Waals surface area contributed by atoms with Crippen molar-refractivity contribution in [3.05, 3.63) is 0 Å². The Kier molecular flexibility index (Phi) is 7.91. The summed E-state index contributed by atoms with van der Waals surface area (Å²) < 4.78 is 28.3. The van der Waals surface area contributed by atoms with Gasteiger partial charge in [0.25, 0.3) is 10.1 Å². The Morgan fingerprint density at radius 2 is 1.22 bits per heavy atom. The lowest BCUT2D eigenvalue weighted by Gasteiger charge is -2.17. The fourth-order valence-corrected chi connectivity index (χ4v) is 3.24. The minimum Gasteiger partial charge on any atom is -0.267 e. The van der Waals surface area contributed by atoms with E-state index in [0.717, 1.165) is 25.7 Å². The third kappa shape index (κ3) is 7.37. The predicted octanol–water partition coefficient (Wildman–Crippen LogP) is 4.03. The molecule has 0 N–H and O–H groups in total. The highest BCUT2D eigenvalue weighted by Crippen LogP contribution is 2.20. The van der Waals surface area contributed by atoms with Crippen molar-refractivity contribution < 1.29 is 12.6 Å². The highest BCUT2D eigenvalue weighted by atomic mass is 32.2. The van der Waals surface area contributed by atoms with Gasteiger partial charge in [-0.15, -0.1) is 0 Å². The van der Waals surface area contributed by atoms with Crippen LogP contribution in [0.3, 0.4) is 0 Å². The van der Waals surface area contributed by atoms with E-state index in [0.29, 0.717) is 0 Å². The molecule has 1 fully saturated rings. The molecule has 0 aliphatic heterocycles. The summed E-state index contributed by atoms with van der Waals surface area (Å²) in [5.74, 6) is 0.0868. The minimum absolute atomic E-state index is 0.0747. The lowest BCUT2D eigenvalue weighted by molar-refractivity contribution is 0.179. The van der Waals surface area contributed by atoms with E-state index in [-0.39, 0.29) is 11.9 Å². The monoisotopic (exact) mass is 276 g/mol. The summed E-state index contributed by atoms with van der Waals surface area (Å²) in [6.07, 6.45) is 13.0. The van der Waals surface area contributed by atoms with Gasteiger partial charge in [0.1, 0.15) is 0 Å². The largest absolute Gasteiger partial charge is 0.267 e. The molecule has 0 aromatic carbocycles. The smallest absolute Gasteiger partial charge is 0.267 e. The molecule has 0 bridgehead atoms. The molecule has 4 heteroatoms. The van der Waals surface area contributed by atoms with Crippen molar-refractivity contribution in [3.8, 4) is 0 Å². The molecule has 0 radical (unpaired) electrons.